The van der Waals surface area contributed by atoms with Crippen molar-refractivity contribution in [3.8, 4) is 0 Å². The Bertz CT molecular complexity index is 494. The molecule has 6 heteroatoms. The molecule has 0 fully saturated rings. The molecule has 2 aromatic heterocycles. The summed E-state index contributed by atoms with van der Waals surface area (Å²) in [6, 6.07) is 2.15. The van der Waals surface area contributed by atoms with Crippen molar-refractivity contribution in [2.24, 2.45) is 0 Å². The first kappa shape index (κ1) is 13.5. The van der Waals surface area contributed by atoms with Crippen LogP contribution in [-0.2, 0) is 13.0 Å². The van der Waals surface area contributed by atoms with Crippen molar-refractivity contribution >= 4 is 22.9 Å². The van der Waals surface area contributed by atoms with Gasteiger partial charge in [0.2, 0.25) is 0 Å². The molecule has 0 spiro atoms. The molecule has 18 heavy (non-hydrogen) atoms. The van der Waals surface area contributed by atoms with Crippen molar-refractivity contribution in [1.29, 1.82) is 0 Å². The molecule has 0 radical (unpaired) electrons. The van der Waals surface area contributed by atoms with Crippen molar-refractivity contribution in [2.75, 3.05) is 6.54 Å². The fourth-order valence-corrected chi connectivity index (χ4v) is 3.22. The zero-order valence-corrected chi connectivity index (χ0v) is 12.1. The Hall–Kier alpha value is -0.910. The van der Waals surface area contributed by atoms with Gasteiger partial charge in [0.15, 0.2) is 0 Å². The van der Waals surface area contributed by atoms with Crippen molar-refractivity contribution in [3.05, 3.63) is 33.5 Å². The predicted molar refractivity (Wildman–Crippen MR) is 75.1 cm³/mol. The minimum Gasteiger partial charge on any atom is -0.309 e. The summed E-state index contributed by atoms with van der Waals surface area (Å²) in [6.07, 6.45) is 2.42. The van der Waals surface area contributed by atoms with Crippen LogP contribution >= 0.6 is 22.9 Å². The highest BCUT2D eigenvalue weighted by molar-refractivity contribution is 7.10. The van der Waals surface area contributed by atoms with Gasteiger partial charge in [-0.3, -0.25) is 4.68 Å². The molecule has 0 amide bonds. The number of thiophene rings is 1. The van der Waals surface area contributed by atoms with E-state index in [0.29, 0.717) is 0 Å². The largest absolute Gasteiger partial charge is 0.309 e. The van der Waals surface area contributed by atoms with E-state index >= 15 is 0 Å². The Morgan fingerprint density at radius 1 is 1.50 bits per heavy atom. The molecule has 98 valence electrons. The van der Waals surface area contributed by atoms with Crippen LogP contribution in [0.2, 0.25) is 5.02 Å². The molecule has 1 N–H and O–H groups in total. The van der Waals surface area contributed by atoms with Crippen LogP contribution < -0.4 is 5.32 Å². The van der Waals surface area contributed by atoms with Crippen LogP contribution in [0, 0.1) is 0 Å². The van der Waals surface area contributed by atoms with Gasteiger partial charge in [0.05, 0.1) is 11.1 Å². The summed E-state index contributed by atoms with van der Waals surface area (Å²) in [5, 5.41) is 10.5. The van der Waals surface area contributed by atoms with E-state index in [1.165, 1.54) is 4.88 Å². The van der Waals surface area contributed by atoms with Gasteiger partial charge in [0, 0.05) is 17.8 Å². The minimum absolute atomic E-state index is 0.206. The molecule has 2 heterocycles. The van der Waals surface area contributed by atoms with E-state index in [0.717, 1.165) is 30.4 Å². The predicted octanol–water partition coefficient (Wildman–Crippen LogP) is 2.91. The molecule has 4 nitrogen and oxygen atoms in total. The average Bonchev–Trinajstić information content (AvgIpc) is 2.97. The molecule has 0 bridgehead atoms. The van der Waals surface area contributed by atoms with Gasteiger partial charge in [-0.25, -0.2) is 4.98 Å². The Morgan fingerprint density at radius 2 is 2.33 bits per heavy atom. The first-order valence-corrected chi connectivity index (χ1v) is 7.35. The fraction of sp³-hybridized carbons (Fsp3) is 0.500. The zero-order chi connectivity index (χ0) is 13.0. The third kappa shape index (κ3) is 2.91. The second kappa shape index (κ2) is 6.31. The van der Waals surface area contributed by atoms with Crippen molar-refractivity contribution < 1.29 is 0 Å². The number of aryl methyl sites for hydroxylation is 1. The Kier molecular flexibility index (Phi) is 4.74. The lowest BCUT2D eigenvalue weighted by molar-refractivity contribution is 0.515. The highest BCUT2D eigenvalue weighted by atomic mass is 35.5. The lowest BCUT2D eigenvalue weighted by atomic mass is 10.1. The summed E-state index contributed by atoms with van der Waals surface area (Å²) in [7, 11) is 0. The van der Waals surface area contributed by atoms with Crippen LogP contribution in [0.25, 0.3) is 0 Å². The Balaban J connectivity index is 2.19. The molecule has 1 unspecified atom stereocenters. The zero-order valence-electron chi connectivity index (χ0n) is 10.6. The second-order valence-electron chi connectivity index (χ2n) is 3.94. The maximum Gasteiger partial charge on any atom is 0.138 e. The van der Waals surface area contributed by atoms with Crippen LogP contribution in [0.5, 0.6) is 0 Å². The molecule has 2 aromatic rings. The molecule has 2 rings (SSSR count). The van der Waals surface area contributed by atoms with E-state index in [4.69, 9.17) is 11.6 Å². The standard InChI is InChI=1S/C12H17ClN4S/c1-3-14-10(12-9(13)5-6-18-12)7-11-15-8-16-17(11)4-2/h5-6,8,10,14H,3-4,7H2,1-2H3. The van der Waals surface area contributed by atoms with Gasteiger partial charge in [0.25, 0.3) is 0 Å². The van der Waals surface area contributed by atoms with Crippen molar-refractivity contribution in [2.45, 2.75) is 32.9 Å². The minimum atomic E-state index is 0.206. The molecule has 0 saturated carbocycles. The van der Waals surface area contributed by atoms with Gasteiger partial charge in [-0.2, -0.15) is 5.10 Å². The number of nitrogens with zero attached hydrogens (tertiary/aromatic N) is 3. The van der Waals surface area contributed by atoms with Crippen LogP contribution in [-0.4, -0.2) is 21.3 Å². The smallest absolute Gasteiger partial charge is 0.138 e. The topological polar surface area (TPSA) is 42.7 Å². The Morgan fingerprint density at radius 3 is 2.94 bits per heavy atom. The first-order valence-electron chi connectivity index (χ1n) is 6.09. The van der Waals surface area contributed by atoms with Gasteiger partial charge in [-0.1, -0.05) is 18.5 Å². The fourth-order valence-electron chi connectivity index (χ4n) is 1.95. The normalized spacial score (nSPS) is 12.8. The number of hydrogen-bond acceptors (Lipinski definition) is 4. The summed E-state index contributed by atoms with van der Waals surface area (Å²) in [4.78, 5) is 5.49. The molecular weight excluding hydrogens is 268 g/mol. The maximum atomic E-state index is 6.21. The van der Waals surface area contributed by atoms with Gasteiger partial charge < -0.3 is 5.32 Å². The SMILES string of the molecule is CCNC(Cc1ncnn1CC)c1sccc1Cl. The lowest BCUT2D eigenvalue weighted by Crippen LogP contribution is -2.24. The van der Waals surface area contributed by atoms with Gasteiger partial charge in [-0.05, 0) is 24.9 Å². The molecule has 0 aliphatic carbocycles. The number of hydrogen-bond donors (Lipinski definition) is 1. The van der Waals surface area contributed by atoms with E-state index in [2.05, 4.69) is 29.2 Å². The van der Waals surface area contributed by atoms with E-state index in [-0.39, 0.29) is 6.04 Å². The number of likely N-dealkylation sites (N-methyl/N-ethyl adjacent to an activating group) is 1. The molecule has 0 saturated heterocycles. The van der Waals surface area contributed by atoms with Crippen LogP contribution in [0.1, 0.15) is 30.6 Å². The summed E-state index contributed by atoms with van der Waals surface area (Å²) in [5.74, 6) is 0.993. The molecule has 0 aliphatic rings. The summed E-state index contributed by atoms with van der Waals surface area (Å²) in [5.41, 5.74) is 0. The van der Waals surface area contributed by atoms with E-state index in [1.807, 2.05) is 16.1 Å². The quantitative estimate of drug-likeness (QED) is 0.887. The number of nitrogens with one attached hydrogen (secondary N) is 1. The summed E-state index contributed by atoms with van der Waals surface area (Å²) >= 11 is 7.89. The highest BCUT2D eigenvalue weighted by Crippen LogP contribution is 2.30. The lowest BCUT2D eigenvalue weighted by Gasteiger charge is -2.16. The van der Waals surface area contributed by atoms with E-state index < -0.39 is 0 Å². The van der Waals surface area contributed by atoms with Crippen molar-refractivity contribution in [1.82, 2.24) is 20.1 Å². The summed E-state index contributed by atoms with van der Waals surface area (Å²) < 4.78 is 1.92. The van der Waals surface area contributed by atoms with Gasteiger partial charge in [-0.15, -0.1) is 11.3 Å². The molecular formula is C12H17ClN4S. The van der Waals surface area contributed by atoms with Crippen LogP contribution in [0.15, 0.2) is 17.8 Å². The average molecular weight is 285 g/mol. The molecule has 0 aromatic carbocycles. The van der Waals surface area contributed by atoms with Gasteiger partial charge in [0.1, 0.15) is 12.2 Å². The first-order chi connectivity index (χ1) is 8.76. The molecule has 1 atom stereocenters. The monoisotopic (exact) mass is 284 g/mol. The maximum absolute atomic E-state index is 6.21. The third-order valence-corrected chi connectivity index (χ3v) is 4.27. The highest BCUT2D eigenvalue weighted by Gasteiger charge is 2.18. The van der Waals surface area contributed by atoms with Crippen LogP contribution in [0.4, 0.5) is 0 Å². The van der Waals surface area contributed by atoms with E-state index in [9.17, 15) is 0 Å². The molecule has 0 aliphatic heterocycles. The van der Waals surface area contributed by atoms with Crippen LogP contribution in [0.3, 0.4) is 0 Å². The van der Waals surface area contributed by atoms with Gasteiger partial charge >= 0.3 is 0 Å². The third-order valence-electron chi connectivity index (χ3n) is 2.79. The number of halogens is 1. The number of aromatic nitrogens is 3. The Labute approximate surface area is 116 Å². The van der Waals surface area contributed by atoms with Crippen molar-refractivity contribution in [3.63, 3.8) is 0 Å². The summed E-state index contributed by atoms with van der Waals surface area (Å²) in [6.45, 7) is 5.91. The van der Waals surface area contributed by atoms with E-state index in [1.54, 1.807) is 17.7 Å². The number of rotatable bonds is 6. The second-order valence-corrected chi connectivity index (χ2v) is 5.29.